The van der Waals surface area contributed by atoms with Gasteiger partial charge in [-0.3, -0.25) is 10.3 Å². The van der Waals surface area contributed by atoms with Gasteiger partial charge in [-0.15, -0.1) is 0 Å². The van der Waals surface area contributed by atoms with E-state index in [2.05, 4.69) is 11.8 Å². The Labute approximate surface area is 119 Å². The fourth-order valence-corrected chi connectivity index (χ4v) is 4.50. The Balaban J connectivity index is 1.73. The molecular weight excluding hydrogens is 256 g/mol. The van der Waals surface area contributed by atoms with Crippen LogP contribution in [-0.4, -0.2) is 58.3 Å². The highest BCUT2D eigenvalue weighted by Gasteiger charge is 2.58. The molecule has 4 rings (SSSR count). The highest BCUT2D eigenvalue weighted by atomic mass is 16.5. The monoisotopic (exact) mass is 278 g/mol. The van der Waals surface area contributed by atoms with Gasteiger partial charge in [-0.1, -0.05) is 13.3 Å². The third-order valence-corrected chi connectivity index (χ3v) is 5.31. The van der Waals surface area contributed by atoms with Gasteiger partial charge in [-0.05, 0) is 19.3 Å². The summed E-state index contributed by atoms with van der Waals surface area (Å²) in [5.74, 6) is 0.485. The van der Waals surface area contributed by atoms with Crippen LogP contribution in [0.2, 0.25) is 0 Å². The Morgan fingerprint density at radius 2 is 2.15 bits per heavy atom. The minimum atomic E-state index is -0.247. The second-order valence-corrected chi connectivity index (χ2v) is 6.32. The lowest BCUT2D eigenvalue weighted by Crippen LogP contribution is -2.70. The molecule has 6 nitrogen and oxygen atoms in total. The zero-order chi connectivity index (χ0) is 13.9. The minimum absolute atomic E-state index is 0.0691. The minimum Gasteiger partial charge on any atom is -0.441 e. The predicted octanol–water partition coefficient (Wildman–Crippen LogP) is 1.63. The molecule has 4 aliphatic rings. The summed E-state index contributed by atoms with van der Waals surface area (Å²) in [5, 5.41) is 8.11. The van der Waals surface area contributed by atoms with Crippen LogP contribution in [0.5, 0.6) is 0 Å². The smallest absolute Gasteiger partial charge is 0.324 e. The molecule has 0 bridgehead atoms. The Morgan fingerprint density at radius 1 is 1.30 bits per heavy atom. The van der Waals surface area contributed by atoms with Gasteiger partial charge in [0.25, 0.3) is 6.02 Å². The maximum absolute atomic E-state index is 12.8. The molecule has 1 N–H and O–H groups in total. The van der Waals surface area contributed by atoms with Crippen molar-refractivity contribution < 1.29 is 9.53 Å². The van der Waals surface area contributed by atoms with Gasteiger partial charge < -0.3 is 14.5 Å². The topological polar surface area (TPSA) is 59.9 Å². The Bertz CT molecular complexity index is 454. The Hall–Kier alpha value is -1.46. The lowest BCUT2D eigenvalue weighted by atomic mass is 9.91. The molecule has 0 aromatic carbocycles. The summed E-state index contributed by atoms with van der Waals surface area (Å²) in [6, 6.07) is 0.792. The van der Waals surface area contributed by atoms with E-state index in [1.165, 1.54) is 0 Å². The first-order valence-corrected chi connectivity index (χ1v) is 7.83. The van der Waals surface area contributed by atoms with Crippen LogP contribution >= 0.6 is 0 Å². The molecule has 4 atom stereocenters. The van der Waals surface area contributed by atoms with Crippen LogP contribution in [-0.2, 0) is 4.74 Å². The van der Waals surface area contributed by atoms with E-state index in [1.54, 1.807) is 0 Å². The standard InChI is InChI=1S/C14H22N4O2/c1-2-4-11-18-12-9(6-8-17(12)13(15)20-11)10-5-3-7-16(10)14(18)19/h9-12,15H,2-8H2,1H3/t9-,10+,11+,12+/m1/s1. The molecule has 0 unspecified atom stereocenters. The molecule has 0 spiro atoms. The van der Waals surface area contributed by atoms with Crippen molar-refractivity contribution in [3.8, 4) is 0 Å². The molecule has 4 heterocycles. The van der Waals surface area contributed by atoms with E-state index in [9.17, 15) is 4.79 Å². The summed E-state index contributed by atoms with van der Waals surface area (Å²) in [5.41, 5.74) is 0. The maximum atomic E-state index is 12.8. The van der Waals surface area contributed by atoms with E-state index in [1.807, 2.05) is 9.80 Å². The summed E-state index contributed by atoms with van der Waals surface area (Å²) in [4.78, 5) is 18.8. The normalized spacial score (nSPS) is 39.0. The van der Waals surface area contributed by atoms with Gasteiger partial charge in [-0.25, -0.2) is 4.79 Å². The van der Waals surface area contributed by atoms with Crippen LogP contribution in [0.25, 0.3) is 0 Å². The van der Waals surface area contributed by atoms with E-state index >= 15 is 0 Å². The molecule has 2 amide bonds. The average Bonchev–Trinajstić information content (AvgIpc) is 3.04. The van der Waals surface area contributed by atoms with Gasteiger partial charge in [0.15, 0.2) is 6.23 Å². The molecule has 4 aliphatic heterocycles. The number of nitrogens with zero attached hydrogens (tertiary/aromatic N) is 3. The van der Waals surface area contributed by atoms with Crippen molar-refractivity contribution in [2.45, 2.75) is 57.5 Å². The number of ether oxygens (including phenoxy) is 1. The lowest BCUT2D eigenvalue weighted by molar-refractivity contribution is -0.109. The van der Waals surface area contributed by atoms with Crippen LogP contribution in [0.15, 0.2) is 0 Å². The van der Waals surface area contributed by atoms with E-state index < -0.39 is 0 Å². The van der Waals surface area contributed by atoms with Crippen LogP contribution in [0.4, 0.5) is 4.79 Å². The number of carbonyl (C=O) groups excluding carboxylic acids is 1. The average molecular weight is 278 g/mol. The summed E-state index contributed by atoms with van der Waals surface area (Å²) in [6.45, 7) is 3.83. The fourth-order valence-electron chi connectivity index (χ4n) is 4.50. The summed E-state index contributed by atoms with van der Waals surface area (Å²) < 4.78 is 5.73. The predicted molar refractivity (Wildman–Crippen MR) is 73.1 cm³/mol. The molecule has 0 aromatic rings. The number of nitrogens with one attached hydrogen (secondary N) is 1. The van der Waals surface area contributed by atoms with Crippen molar-refractivity contribution in [1.29, 1.82) is 5.41 Å². The van der Waals surface area contributed by atoms with E-state index in [0.717, 1.165) is 45.2 Å². The van der Waals surface area contributed by atoms with Crippen molar-refractivity contribution >= 4 is 12.1 Å². The van der Waals surface area contributed by atoms with Gasteiger partial charge in [0.2, 0.25) is 0 Å². The molecule has 0 aliphatic carbocycles. The molecule has 20 heavy (non-hydrogen) atoms. The summed E-state index contributed by atoms with van der Waals surface area (Å²) in [7, 11) is 0. The van der Waals surface area contributed by atoms with Crippen molar-refractivity contribution in [3.63, 3.8) is 0 Å². The highest BCUT2D eigenvalue weighted by molar-refractivity contribution is 5.81. The van der Waals surface area contributed by atoms with Crippen molar-refractivity contribution in [3.05, 3.63) is 0 Å². The van der Waals surface area contributed by atoms with Crippen LogP contribution in [0.1, 0.15) is 39.0 Å². The molecule has 110 valence electrons. The van der Waals surface area contributed by atoms with Gasteiger partial charge in [0.05, 0.1) is 0 Å². The number of hydrogen-bond donors (Lipinski definition) is 1. The number of urea groups is 1. The fraction of sp³-hybridized carbons (Fsp3) is 0.857. The van der Waals surface area contributed by atoms with Gasteiger partial charge in [0.1, 0.15) is 6.17 Å². The number of amidine groups is 1. The zero-order valence-electron chi connectivity index (χ0n) is 11.9. The molecule has 0 saturated carbocycles. The number of fused-ring (bicyclic) bond motifs is 2. The quantitative estimate of drug-likeness (QED) is 0.835. The first-order valence-electron chi connectivity index (χ1n) is 7.83. The first kappa shape index (κ1) is 12.3. The Kier molecular flexibility index (Phi) is 2.62. The van der Waals surface area contributed by atoms with Gasteiger partial charge >= 0.3 is 6.03 Å². The van der Waals surface area contributed by atoms with Gasteiger partial charge in [0, 0.05) is 31.5 Å². The second kappa shape index (κ2) is 4.27. The Morgan fingerprint density at radius 3 is 2.95 bits per heavy atom. The number of carbonyl (C=O) groups is 1. The van der Waals surface area contributed by atoms with Crippen LogP contribution in [0.3, 0.4) is 0 Å². The van der Waals surface area contributed by atoms with Gasteiger partial charge in [-0.2, -0.15) is 0 Å². The molecule has 0 radical (unpaired) electrons. The highest BCUT2D eigenvalue weighted by Crippen LogP contribution is 2.44. The third-order valence-electron chi connectivity index (χ3n) is 5.31. The zero-order valence-corrected chi connectivity index (χ0v) is 11.9. The number of amides is 2. The lowest BCUT2D eigenvalue weighted by Gasteiger charge is -2.53. The second-order valence-electron chi connectivity index (χ2n) is 6.32. The third kappa shape index (κ3) is 1.45. The maximum Gasteiger partial charge on any atom is 0.324 e. The molecule has 6 heteroatoms. The van der Waals surface area contributed by atoms with Crippen molar-refractivity contribution in [2.24, 2.45) is 5.92 Å². The molecular formula is C14H22N4O2. The first-order chi connectivity index (χ1) is 9.72. The van der Waals surface area contributed by atoms with E-state index in [0.29, 0.717) is 12.0 Å². The van der Waals surface area contributed by atoms with Crippen molar-refractivity contribution in [1.82, 2.24) is 14.7 Å². The largest absolute Gasteiger partial charge is 0.441 e. The SMILES string of the molecule is CCC[C@@H]1OC(=N)N2CC[C@@H]3[C@@H]4CCCN4C(=O)N1[C@@H]32. The van der Waals surface area contributed by atoms with Crippen LogP contribution in [0, 0.1) is 11.3 Å². The van der Waals surface area contributed by atoms with Crippen LogP contribution < -0.4 is 0 Å². The number of rotatable bonds is 2. The van der Waals surface area contributed by atoms with E-state index in [-0.39, 0.29) is 24.4 Å². The molecule has 0 aromatic heterocycles. The molecule has 4 fully saturated rings. The molecule has 4 saturated heterocycles. The van der Waals surface area contributed by atoms with E-state index in [4.69, 9.17) is 10.1 Å². The summed E-state index contributed by atoms with van der Waals surface area (Å²) in [6.07, 6.45) is 4.90. The van der Waals surface area contributed by atoms with Crippen molar-refractivity contribution in [2.75, 3.05) is 13.1 Å². The number of hydrogen-bond acceptors (Lipinski definition) is 3. The summed E-state index contributed by atoms with van der Waals surface area (Å²) >= 11 is 0.